The molecule has 1 amide bonds. The molecule has 1 aromatic rings. The number of primary amides is 1. The van der Waals surface area contributed by atoms with Gasteiger partial charge in [0.05, 0.1) is 13.1 Å². The molecule has 5 rings (SSSR count). The lowest BCUT2D eigenvalue weighted by molar-refractivity contribution is -0.939. The molecule has 0 aromatic carbocycles. The molecule has 0 radical (unpaired) electrons. The predicted molar refractivity (Wildman–Crippen MR) is 109 cm³/mol. The van der Waals surface area contributed by atoms with Crippen LogP contribution in [0, 0.1) is 5.92 Å². The highest BCUT2D eigenvalue weighted by atomic mass is 32.1. The van der Waals surface area contributed by atoms with Gasteiger partial charge in [-0.2, -0.15) is 0 Å². The summed E-state index contributed by atoms with van der Waals surface area (Å²) in [5.41, 5.74) is 4.78. The van der Waals surface area contributed by atoms with E-state index in [1.165, 1.54) is 6.42 Å². The number of piperidine rings is 4. The maximum absolute atomic E-state index is 13.6. The van der Waals surface area contributed by atoms with Crippen molar-refractivity contribution in [2.24, 2.45) is 11.7 Å². The van der Waals surface area contributed by atoms with Gasteiger partial charge in [-0.05, 0) is 44.3 Å². The number of hydrogen-bond acceptors (Lipinski definition) is 5. The van der Waals surface area contributed by atoms with Crippen LogP contribution >= 0.6 is 11.3 Å². The minimum absolute atomic E-state index is 0.113. The summed E-state index contributed by atoms with van der Waals surface area (Å²) >= 11 is 1.63. The Morgan fingerprint density at radius 3 is 2.61 bits per heavy atom. The number of thiophene rings is 1. The maximum atomic E-state index is 13.6. The molecule has 7 heteroatoms. The molecule has 28 heavy (non-hydrogen) atoms. The zero-order valence-corrected chi connectivity index (χ0v) is 17.6. The number of likely N-dealkylation sites (tertiary alicyclic amines) is 1. The van der Waals surface area contributed by atoms with E-state index in [9.17, 15) is 9.59 Å². The van der Waals surface area contributed by atoms with Crippen molar-refractivity contribution in [3.63, 3.8) is 0 Å². The minimum atomic E-state index is -0.727. The van der Waals surface area contributed by atoms with Gasteiger partial charge >= 0.3 is 5.97 Å². The monoisotopic (exact) mass is 406 g/mol. The standard InChI is InChI=1S/C21H31N3O3S/c1-21(18-6-5-13-28-18,23-9-3-2-4-10-23)20(26)27-17-14-24(15-19(22)25)11-7-16(17)8-12-24/h5-6,13,16-17H,2-4,7-12,14-15H2,1H3,(H-,22,25)/p+1/t16?,17-,21?,24?/m0/s1. The van der Waals surface area contributed by atoms with Gasteiger partial charge in [0.2, 0.25) is 0 Å². The fourth-order valence-corrected chi connectivity index (χ4v) is 6.34. The summed E-state index contributed by atoms with van der Waals surface area (Å²) < 4.78 is 6.92. The molecule has 0 spiro atoms. The molecule has 4 fully saturated rings. The second-order valence-corrected chi connectivity index (χ2v) is 9.92. The molecule has 1 aromatic heterocycles. The van der Waals surface area contributed by atoms with Crippen molar-refractivity contribution >= 4 is 23.2 Å². The van der Waals surface area contributed by atoms with Crippen molar-refractivity contribution < 1.29 is 18.8 Å². The average Bonchev–Trinajstić information content (AvgIpc) is 3.23. The molecule has 4 saturated heterocycles. The highest BCUT2D eigenvalue weighted by Gasteiger charge is 2.51. The van der Waals surface area contributed by atoms with Crippen LogP contribution in [-0.2, 0) is 19.9 Å². The third kappa shape index (κ3) is 3.60. The Bertz CT molecular complexity index is 708. The Morgan fingerprint density at radius 2 is 2.00 bits per heavy atom. The quantitative estimate of drug-likeness (QED) is 0.580. The molecule has 2 N–H and O–H groups in total. The molecular formula is C21H32N3O3S+. The number of esters is 1. The number of hydrogen-bond donors (Lipinski definition) is 1. The van der Waals surface area contributed by atoms with E-state index in [0.29, 0.717) is 16.9 Å². The van der Waals surface area contributed by atoms with Crippen molar-refractivity contribution in [3.05, 3.63) is 22.4 Å². The summed E-state index contributed by atoms with van der Waals surface area (Å²) in [5, 5.41) is 2.03. The molecule has 0 saturated carbocycles. The van der Waals surface area contributed by atoms with Crippen LogP contribution in [0.5, 0.6) is 0 Å². The zero-order chi connectivity index (χ0) is 19.8. The Labute approximate surface area is 171 Å². The molecule has 0 aliphatic carbocycles. The number of carbonyl (C=O) groups excluding carboxylic acids is 2. The summed E-state index contributed by atoms with van der Waals surface area (Å²) in [7, 11) is 0. The van der Waals surface area contributed by atoms with Crippen LogP contribution in [0.2, 0.25) is 0 Å². The summed E-state index contributed by atoms with van der Waals surface area (Å²) in [4.78, 5) is 28.5. The lowest BCUT2D eigenvalue weighted by atomic mass is 9.83. The van der Waals surface area contributed by atoms with Crippen LogP contribution in [0.25, 0.3) is 0 Å². The number of amides is 1. The third-order valence-electron chi connectivity index (χ3n) is 7.18. The Hall–Kier alpha value is -1.44. The number of nitrogens with two attached hydrogens (primary N) is 1. The number of quaternary nitrogens is 1. The number of nitrogens with zero attached hydrogens (tertiary/aromatic N) is 2. The molecule has 1 unspecified atom stereocenters. The number of carbonyl (C=O) groups is 2. The van der Waals surface area contributed by atoms with Gasteiger partial charge in [0.25, 0.3) is 5.91 Å². The van der Waals surface area contributed by atoms with Crippen LogP contribution < -0.4 is 5.73 Å². The Morgan fingerprint density at radius 1 is 1.29 bits per heavy atom. The molecule has 6 nitrogen and oxygen atoms in total. The highest BCUT2D eigenvalue weighted by Crippen LogP contribution is 2.39. The van der Waals surface area contributed by atoms with Crippen molar-refractivity contribution in [2.45, 2.75) is 50.7 Å². The highest BCUT2D eigenvalue weighted by molar-refractivity contribution is 7.10. The minimum Gasteiger partial charge on any atom is -0.454 e. The van der Waals surface area contributed by atoms with E-state index in [-0.39, 0.29) is 18.0 Å². The molecule has 2 bridgehead atoms. The van der Waals surface area contributed by atoms with Gasteiger partial charge in [-0.3, -0.25) is 9.69 Å². The fourth-order valence-electron chi connectivity index (χ4n) is 5.44. The topological polar surface area (TPSA) is 72.6 Å². The lowest BCUT2D eigenvalue weighted by Gasteiger charge is -2.52. The Balaban J connectivity index is 1.54. The lowest BCUT2D eigenvalue weighted by Crippen LogP contribution is -2.67. The zero-order valence-electron chi connectivity index (χ0n) is 16.8. The van der Waals surface area contributed by atoms with Crippen LogP contribution in [0.4, 0.5) is 0 Å². The van der Waals surface area contributed by atoms with Crippen molar-refractivity contribution in [1.29, 1.82) is 0 Å². The molecular weight excluding hydrogens is 374 g/mol. The summed E-state index contributed by atoms with van der Waals surface area (Å²) in [6, 6.07) is 4.06. The van der Waals surface area contributed by atoms with Crippen LogP contribution in [-0.4, -0.2) is 66.6 Å². The first-order chi connectivity index (χ1) is 13.4. The van der Waals surface area contributed by atoms with Gasteiger partial charge in [0.1, 0.15) is 6.54 Å². The van der Waals surface area contributed by atoms with E-state index >= 15 is 0 Å². The van der Waals surface area contributed by atoms with Crippen molar-refractivity contribution in [1.82, 2.24) is 4.90 Å². The fraction of sp³-hybridized carbons (Fsp3) is 0.714. The summed E-state index contributed by atoms with van der Waals surface area (Å²) in [5.74, 6) is 0.0146. The molecule has 4 aliphatic heterocycles. The van der Waals surface area contributed by atoms with Gasteiger partial charge < -0.3 is 15.0 Å². The first kappa shape index (κ1) is 19.9. The molecule has 5 heterocycles. The van der Waals surface area contributed by atoms with Gasteiger partial charge in [-0.25, -0.2) is 4.79 Å². The van der Waals surface area contributed by atoms with Gasteiger partial charge in [0.15, 0.2) is 18.2 Å². The molecule has 154 valence electrons. The summed E-state index contributed by atoms with van der Waals surface area (Å²) in [6.07, 6.45) is 5.37. The SMILES string of the molecule is CC(C(=O)O[C@H]1C[N+]2(CC(N)=O)CCC1CC2)(c1cccs1)N1CCCCC1. The Kier molecular flexibility index (Phi) is 5.51. The van der Waals surface area contributed by atoms with E-state index in [0.717, 1.165) is 63.3 Å². The van der Waals surface area contributed by atoms with E-state index < -0.39 is 5.54 Å². The van der Waals surface area contributed by atoms with Crippen molar-refractivity contribution in [2.75, 3.05) is 39.3 Å². The molecule has 2 atom stereocenters. The first-order valence-corrected chi connectivity index (χ1v) is 11.4. The van der Waals surface area contributed by atoms with E-state index in [4.69, 9.17) is 10.5 Å². The summed E-state index contributed by atoms with van der Waals surface area (Å²) in [6.45, 7) is 6.90. The van der Waals surface area contributed by atoms with Gasteiger partial charge in [-0.1, -0.05) is 12.5 Å². The third-order valence-corrected chi connectivity index (χ3v) is 8.26. The predicted octanol–water partition coefficient (Wildman–Crippen LogP) is 2.09. The van der Waals surface area contributed by atoms with Crippen LogP contribution in [0.3, 0.4) is 0 Å². The van der Waals surface area contributed by atoms with Crippen LogP contribution in [0.15, 0.2) is 17.5 Å². The number of rotatable bonds is 6. The normalized spacial score (nSPS) is 32.6. The number of ether oxygens (including phenoxy) is 1. The van der Waals surface area contributed by atoms with E-state index in [1.54, 1.807) is 11.3 Å². The molecule has 4 aliphatic rings. The van der Waals surface area contributed by atoms with E-state index in [1.807, 2.05) is 18.4 Å². The largest absolute Gasteiger partial charge is 0.454 e. The second kappa shape index (κ2) is 7.76. The maximum Gasteiger partial charge on any atom is 0.332 e. The van der Waals surface area contributed by atoms with Crippen molar-refractivity contribution in [3.8, 4) is 0 Å². The number of fused-ring (bicyclic) bond motifs is 3. The van der Waals surface area contributed by atoms with Gasteiger partial charge in [-0.15, -0.1) is 11.3 Å². The first-order valence-electron chi connectivity index (χ1n) is 10.6. The van der Waals surface area contributed by atoms with E-state index in [2.05, 4.69) is 11.0 Å². The smallest absolute Gasteiger partial charge is 0.332 e. The van der Waals surface area contributed by atoms with Gasteiger partial charge in [0, 0.05) is 23.6 Å². The van der Waals surface area contributed by atoms with Crippen LogP contribution in [0.1, 0.15) is 43.9 Å². The average molecular weight is 407 g/mol. The second-order valence-electron chi connectivity index (χ2n) is 8.97.